The molecule has 0 radical (unpaired) electrons. The minimum atomic E-state index is 0.121. The second-order valence-corrected chi connectivity index (χ2v) is 5.27. The van der Waals surface area contributed by atoms with Gasteiger partial charge < -0.3 is 4.74 Å². The largest absolute Gasteiger partial charge is 0.496 e. The minimum Gasteiger partial charge on any atom is -0.496 e. The molecule has 0 saturated carbocycles. The van der Waals surface area contributed by atoms with Crippen molar-refractivity contribution < 1.29 is 9.53 Å². The summed E-state index contributed by atoms with van der Waals surface area (Å²) >= 11 is 0. The molecule has 0 saturated heterocycles. The van der Waals surface area contributed by atoms with Crippen LogP contribution in [0.2, 0.25) is 0 Å². The summed E-state index contributed by atoms with van der Waals surface area (Å²) in [6.07, 6.45) is 4.11. The second-order valence-electron chi connectivity index (χ2n) is 5.27. The first kappa shape index (κ1) is 15.7. The van der Waals surface area contributed by atoms with Crippen LogP contribution in [0.4, 0.5) is 0 Å². The van der Waals surface area contributed by atoms with Crippen molar-refractivity contribution in [1.82, 2.24) is 0 Å². The quantitative estimate of drug-likeness (QED) is 0.665. The van der Waals surface area contributed by atoms with Crippen molar-refractivity contribution in [1.29, 1.82) is 0 Å². The van der Waals surface area contributed by atoms with Crippen LogP contribution in [0.1, 0.15) is 61.0 Å². The molecule has 0 amide bonds. The van der Waals surface area contributed by atoms with Gasteiger partial charge in [0.05, 0.1) is 12.7 Å². The van der Waals surface area contributed by atoms with Crippen LogP contribution >= 0.6 is 0 Å². The Kier molecular flexibility index (Phi) is 6.07. The fourth-order valence-corrected chi connectivity index (χ4v) is 2.58. The molecule has 0 heterocycles. The molecular formula is C17H26O2. The zero-order chi connectivity index (χ0) is 14.4. The number of rotatable bonds is 7. The average molecular weight is 262 g/mol. The summed E-state index contributed by atoms with van der Waals surface area (Å²) in [4.78, 5) is 12.7. The SMILES string of the molecule is CCCCC(CC)C(=O)c1c(C)cc(C)cc1OC. The second kappa shape index (κ2) is 7.32. The van der Waals surface area contributed by atoms with E-state index in [0.717, 1.165) is 48.1 Å². The third-order valence-electron chi connectivity index (χ3n) is 3.68. The van der Waals surface area contributed by atoms with E-state index in [1.165, 1.54) is 0 Å². The monoisotopic (exact) mass is 262 g/mol. The molecule has 0 fully saturated rings. The van der Waals surface area contributed by atoms with Crippen molar-refractivity contribution >= 4 is 5.78 Å². The Labute approximate surface area is 117 Å². The first-order valence-corrected chi connectivity index (χ1v) is 7.24. The third-order valence-corrected chi connectivity index (χ3v) is 3.68. The molecular weight excluding hydrogens is 236 g/mol. The fourth-order valence-electron chi connectivity index (χ4n) is 2.58. The first-order valence-electron chi connectivity index (χ1n) is 7.24. The molecule has 1 aromatic rings. The molecule has 1 aromatic carbocycles. The molecule has 2 nitrogen and oxygen atoms in total. The number of hydrogen-bond donors (Lipinski definition) is 0. The van der Waals surface area contributed by atoms with E-state index in [-0.39, 0.29) is 11.7 Å². The van der Waals surface area contributed by atoms with Crippen LogP contribution in [0.3, 0.4) is 0 Å². The van der Waals surface area contributed by atoms with Gasteiger partial charge in [-0.25, -0.2) is 0 Å². The van der Waals surface area contributed by atoms with Crippen LogP contribution in [0.15, 0.2) is 12.1 Å². The van der Waals surface area contributed by atoms with Gasteiger partial charge in [-0.15, -0.1) is 0 Å². The van der Waals surface area contributed by atoms with Gasteiger partial charge in [-0.2, -0.15) is 0 Å². The van der Waals surface area contributed by atoms with Crippen LogP contribution in [0.5, 0.6) is 5.75 Å². The average Bonchev–Trinajstić information content (AvgIpc) is 2.38. The third kappa shape index (κ3) is 3.82. The number of benzene rings is 1. The molecule has 2 heteroatoms. The van der Waals surface area contributed by atoms with Crippen molar-refractivity contribution in [3.63, 3.8) is 0 Å². The Bertz CT molecular complexity index is 435. The van der Waals surface area contributed by atoms with Gasteiger partial charge in [0.25, 0.3) is 0 Å². The molecule has 0 aliphatic heterocycles. The molecule has 1 unspecified atom stereocenters. The number of Topliss-reactive ketones (excluding diaryl/α,β-unsaturated/α-hetero) is 1. The number of carbonyl (C=O) groups excluding carboxylic acids is 1. The molecule has 0 spiro atoms. The van der Waals surface area contributed by atoms with Gasteiger partial charge >= 0.3 is 0 Å². The Morgan fingerprint density at radius 1 is 1.26 bits per heavy atom. The smallest absolute Gasteiger partial charge is 0.169 e. The van der Waals surface area contributed by atoms with E-state index in [9.17, 15) is 4.79 Å². The number of hydrogen-bond acceptors (Lipinski definition) is 2. The van der Waals surface area contributed by atoms with E-state index < -0.39 is 0 Å². The van der Waals surface area contributed by atoms with E-state index in [1.54, 1.807) is 7.11 Å². The van der Waals surface area contributed by atoms with Gasteiger partial charge in [-0.3, -0.25) is 4.79 Å². The topological polar surface area (TPSA) is 26.3 Å². The maximum atomic E-state index is 12.7. The molecule has 19 heavy (non-hydrogen) atoms. The summed E-state index contributed by atoms with van der Waals surface area (Å²) in [5, 5.41) is 0. The Balaban J connectivity index is 3.10. The lowest BCUT2D eigenvalue weighted by Gasteiger charge is -2.18. The number of methoxy groups -OCH3 is 1. The summed E-state index contributed by atoms with van der Waals surface area (Å²) in [5.74, 6) is 1.08. The van der Waals surface area contributed by atoms with Gasteiger partial charge in [0.15, 0.2) is 5.78 Å². The lowest BCUT2D eigenvalue weighted by molar-refractivity contribution is 0.0904. The van der Waals surface area contributed by atoms with E-state index in [1.807, 2.05) is 19.9 Å². The highest BCUT2D eigenvalue weighted by Gasteiger charge is 2.23. The molecule has 0 aliphatic carbocycles. The van der Waals surface area contributed by atoms with Crippen LogP contribution < -0.4 is 4.74 Å². The normalized spacial score (nSPS) is 12.3. The molecule has 1 rings (SSSR count). The maximum Gasteiger partial charge on any atom is 0.169 e. The standard InChI is InChI=1S/C17H26O2/c1-6-8-9-14(7-2)17(18)16-13(4)10-12(3)11-15(16)19-5/h10-11,14H,6-9H2,1-5H3. The fraction of sp³-hybridized carbons (Fsp3) is 0.588. The van der Waals surface area contributed by atoms with E-state index in [0.29, 0.717) is 0 Å². The van der Waals surface area contributed by atoms with Gasteiger partial charge in [0.1, 0.15) is 5.75 Å². The van der Waals surface area contributed by atoms with Gasteiger partial charge in [-0.1, -0.05) is 32.8 Å². The van der Waals surface area contributed by atoms with E-state index in [4.69, 9.17) is 4.74 Å². The van der Waals surface area contributed by atoms with Crippen molar-refractivity contribution in [2.75, 3.05) is 7.11 Å². The number of ether oxygens (including phenoxy) is 1. The van der Waals surface area contributed by atoms with E-state index >= 15 is 0 Å². The van der Waals surface area contributed by atoms with E-state index in [2.05, 4.69) is 19.9 Å². The van der Waals surface area contributed by atoms with Gasteiger partial charge in [0.2, 0.25) is 0 Å². The first-order chi connectivity index (χ1) is 9.04. The van der Waals surface area contributed by atoms with Crippen molar-refractivity contribution in [2.45, 2.75) is 53.4 Å². The molecule has 0 N–H and O–H groups in total. The number of carbonyl (C=O) groups is 1. The minimum absolute atomic E-state index is 0.121. The Hall–Kier alpha value is -1.31. The van der Waals surface area contributed by atoms with Crippen molar-refractivity contribution in [3.8, 4) is 5.75 Å². The highest BCUT2D eigenvalue weighted by molar-refractivity contribution is 6.01. The lowest BCUT2D eigenvalue weighted by Crippen LogP contribution is -2.16. The van der Waals surface area contributed by atoms with Gasteiger partial charge in [-0.05, 0) is 43.9 Å². The highest BCUT2D eigenvalue weighted by atomic mass is 16.5. The van der Waals surface area contributed by atoms with Crippen molar-refractivity contribution in [3.05, 3.63) is 28.8 Å². The molecule has 1 atom stereocenters. The Morgan fingerprint density at radius 3 is 2.47 bits per heavy atom. The number of aryl methyl sites for hydroxylation is 2. The predicted molar refractivity (Wildman–Crippen MR) is 80.1 cm³/mol. The molecule has 0 aliphatic rings. The number of unbranched alkanes of at least 4 members (excludes halogenated alkanes) is 1. The van der Waals surface area contributed by atoms with Gasteiger partial charge in [0, 0.05) is 5.92 Å². The zero-order valence-electron chi connectivity index (χ0n) is 12.9. The summed E-state index contributed by atoms with van der Waals surface area (Å²) < 4.78 is 5.41. The van der Waals surface area contributed by atoms with Crippen LogP contribution in [0.25, 0.3) is 0 Å². The summed E-state index contributed by atoms with van der Waals surface area (Å²) in [6.45, 7) is 8.27. The highest BCUT2D eigenvalue weighted by Crippen LogP contribution is 2.29. The summed E-state index contributed by atoms with van der Waals surface area (Å²) in [7, 11) is 1.64. The molecule has 0 aromatic heterocycles. The van der Waals surface area contributed by atoms with Crippen molar-refractivity contribution in [2.24, 2.45) is 5.92 Å². The lowest BCUT2D eigenvalue weighted by atomic mass is 9.88. The van der Waals surface area contributed by atoms with Crippen LogP contribution in [0, 0.1) is 19.8 Å². The maximum absolute atomic E-state index is 12.7. The summed E-state index contributed by atoms with van der Waals surface area (Å²) in [5.41, 5.74) is 2.93. The number of ketones is 1. The summed E-state index contributed by atoms with van der Waals surface area (Å²) in [6, 6.07) is 4.01. The molecule has 0 bridgehead atoms. The predicted octanol–water partition coefficient (Wildman–Crippen LogP) is 4.71. The Morgan fingerprint density at radius 2 is 1.95 bits per heavy atom. The zero-order valence-corrected chi connectivity index (χ0v) is 12.9. The molecule has 106 valence electrons. The van der Waals surface area contributed by atoms with Crippen LogP contribution in [-0.4, -0.2) is 12.9 Å². The van der Waals surface area contributed by atoms with Crippen LogP contribution in [-0.2, 0) is 0 Å².